The Morgan fingerprint density at radius 1 is 1.24 bits per heavy atom. The van der Waals surface area contributed by atoms with Crippen molar-refractivity contribution in [2.45, 2.75) is 0 Å². The van der Waals surface area contributed by atoms with Crippen molar-refractivity contribution in [1.29, 1.82) is 0 Å². The average Bonchev–Trinajstić information content (AvgIpc) is 2.85. The molecule has 2 aromatic rings. The van der Waals surface area contributed by atoms with Gasteiger partial charge in [0.15, 0.2) is 0 Å². The van der Waals surface area contributed by atoms with Gasteiger partial charge < -0.3 is 5.32 Å². The molecule has 10 nitrogen and oxygen atoms in total. The largest absolute Gasteiger partial charge is 0.314 e. The molecule has 0 spiro atoms. The van der Waals surface area contributed by atoms with Gasteiger partial charge in [-0.2, -0.15) is 0 Å². The van der Waals surface area contributed by atoms with Gasteiger partial charge in [-0.15, -0.1) is 10.2 Å². The maximum atomic E-state index is 11.8. The van der Waals surface area contributed by atoms with Gasteiger partial charge in [0.05, 0.1) is 15.9 Å². The van der Waals surface area contributed by atoms with Crippen LogP contribution in [0, 0.1) is 20.2 Å². The monoisotopic (exact) mass is 329 g/mol. The maximum Gasteiger partial charge on any atom is 0.299 e. The first-order chi connectivity index (χ1) is 9.88. The molecule has 0 saturated carbocycles. The number of carbonyl (C=O) groups is 1. The van der Waals surface area contributed by atoms with Gasteiger partial charge in [-0.25, -0.2) is 0 Å². The Morgan fingerprint density at radius 2 is 1.95 bits per heavy atom. The summed E-state index contributed by atoms with van der Waals surface area (Å²) < 4.78 is 0.0401. The zero-order valence-corrected chi connectivity index (χ0v) is 11.4. The Bertz CT molecular complexity index is 748. The lowest BCUT2D eigenvalue weighted by Gasteiger charge is -2.03. The normalized spacial score (nSPS) is 10.1. The van der Waals surface area contributed by atoms with Gasteiger partial charge in [-0.3, -0.25) is 25.0 Å². The highest BCUT2D eigenvalue weighted by atomic mass is 35.5. The topological polar surface area (TPSA) is 141 Å². The minimum atomic E-state index is -0.838. The average molecular weight is 330 g/mol. The molecule has 0 saturated heterocycles. The maximum absolute atomic E-state index is 11.8. The van der Waals surface area contributed by atoms with Crippen LogP contribution < -0.4 is 5.32 Å². The lowest BCUT2D eigenvalue weighted by atomic mass is 10.2. The van der Waals surface area contributed by atoms with Crippen LogP contribution in [0.5, 0.6) is 0 Å². The van der Waals surface area contributed by atoms with E-state index >= 15 is 0 Å². The highest BCUT2D eigenvalue weighted by molar-refractivity contribution is 7.17. The van der Waals surface area contributed by atoms with Gasteiger partial charge in [0.2, 0.25) is 9.47 Å². The van der Waals surface area contributed by atoms with Crippen LogP contribution >= 0.6 is 22.9 Å². The SMILES string of the molecule is O=C(Nc1ccc([N+](=O)[O-])cc1[N+](=O)[O-])c1nnc(Cl)s1. The summed E-state index contributed by atoms with van der Waals surface area (Å²) in [6.07, 6.45) is 0. The number of hydrogen-bond acceptors (Lipinski definition) is 8. The Hall–Kier alpha value is -2.66. The third kappa shape index (κ3) is 3.27. The quantitative estimate of drug-likeness (QED) is 0.669. The van der Waals surface area contributed by atoms with Crippen LogP contribution in [0.25, 0.3) is 0 Å². The lowest BCUT2D eigenvalue weighted by molar-refractivity contribution is -0.393. The number of aromatic nitrogens is 2. The molecule has 12 heteroatoms. The molecule has 1 heterocycles. The number of nitro groups is 2. The van der Waals surface area contributed by atoms with Crippen LogP contribution in [0.15, 0.2) is 18.2 Å². The Kier molecular flexibility index (Phi) is 4.05. The number of non-ortho nitro benzene ring substituents is 1. The number of halogens is 1. The number of nitrogens with one attached hydrogen (secondary N) is 1. The molecule has 0 atom stereocenters. The van der Waals surface area contributed by atoms with Crippen LogP contribution in [0.3, 0.4) is 0 Å². The molecule has 0 aliphatic carbocycles. The molecular weight excluding hydrogens is 326 g/mol. The summed E-state index contributed by atoms with van der Waals surface area (Å²) in [6.45, 7) is 0. The summed E-state index contributed by atoms with van der Waals surface area (Å²) in [5.74, 6) is -0.753. The fraction of sp³-hybridized carbons (Fsp3) is 0. The molecule has 21 heavy (non-hydrogen) atoms. The van der Waals surface area contributed by atoms with E-state index in [1.165, 1.54) is 0 Å². The fourth-order valence-corrected chi connectivity index (χ4v) is 2.09. The van der Waals surface area contributed by atoms with Crippen molar-refractivity contribution < 1.29 is 14.6 Å². The van der Waals surface area contributed by atoms with Gasteiger partial charge in [-0.1, -0.05) is 11.3 Å². The number of benzene rings is 1. The second-order valence-electron chi connectivity index (χ2n) is 3.53. The van der Waals surface area contributed by atoms with Crippen molar-refractivity contribution in [3.63, 3.8) is 0 Å². The molecule has 1 amide bonds. The Labute approximate surface area is 124 Å². The molecule has 1 N–H and O–H groups in total. The lowest BCUT2D eigenvalue weighted by Crippen LogP contribution is -2.13. The molecule has 2 rings (SSSR count). The van der Waals surface area contributed by atoms with E-state index in [1.807, 2.05) is 0 Å². The molecular formula is C9H4ClN5O5S. The number of anilines is 1. The number of carbonyl (C=O) groups excluding carboxylic acids is 1. The summed E-state index contributed by atoms with van der Waals surface area (Å²) >= 11 is 6.32. The van der Waals surface area contributed by atoms with E-state index in [-0.39, 0.29) is 15.2 Å². The number of hydrogen-bond donors (Lipinski definition) is 1. The molecule has 108 valence electrons. The minimum Gasteiger partial charge on any atom is -0.314 e. The zero-order valence-electron chi connectivity index (χ0n) is 9.85. The second-order valence-corrected chi connectivity index (χ2v) is 5.09. The van der Waals surface area contributed by atoms with Crippen LogP contribution in [-0.2, 0) is 0 Å². The summed E-state index contributed by atoms with van der Waals surface area (Å²) in [5, 5.41) is 30.5. The predicted molar refractivity (Wildman–Crippen MR) is 72.6 cm³/mol. The first kappa shape index (κ1) is 14.7. The van der Waals surface area contributed by atoms with E-state index in [1.54, 1.807) is 0 Å². The van der Waals surface area contributed by atoms with E-state index in [2.05, 4.69) is 15.5 Å². The van der Waals surface area contributed by atoms with Crippen molar-refractivity contribution in [2.75, 3.05) is 5.32 Å². The molecule has 1 aromatic carbocycles. The predicted octanol–water partition coefficient (Wildman–Crippen LogP) is 2.26. The van der Waals surface area contributed by atoms with Crippen LogP contribution in [0.1, 0.15) is 9.80 Å². The smallest absolute Gasteiger partial charge is 0.299 e. The van der Waals surface area contributed by atoms with Crippen molar-refractivity contribution >= 4 is 45.9 Å². The minimum absolute atomic E-state index is 0.0401. The molecule has 0 aliphatic heterocycles. The van der Waals surface area contributed by atoms with Crippen LogP contribution in [0.2, 0.25) is 4.47 Å². The molecule has 0 bridgehead atoms. The molecule has 1 aromatic heterocycles. The number of rotatable bonds is 4. The van der Waals surface area contributed by atoms with E-state index in [4.69, 9.17) is 11.6 Å². The summed E-state index contributed by atoms with van der Waals surface area (Å²) in [4.78, 5) is 31.7. The first-order valence-corrected chi connectivity index (χ1v) is 6.31. The summed E-state index contributed by atoms with van der Waals surface area (Å²) in [6, 6.07) is 2.86. The van der Waals surface area contributed by atoms with Gasteiger partial charge in [-0.05, 0) is 17.7 Å². The van der Waals surface area contributed by atoms with E-state index in [0.717, 1.165) is 29.5 Å². The summed E-state index contributed by atoms with van der Waals surface area (Å²) in [7, 11) is 0. The Morgan fingerprint density at radius 3 is 2.48 bits per heavy atom. The number of nitro benzene ring substituents is 2. The molecule has 0 radical (unpaired) electrons. The fourth-order valence-electron chi connectivity index (χ4n) is 1.36. The van der Waals surface area contributed by atoms with E-state index in [0.29, 0.717) is 0 Å². The number of nitrogens with zero attached hydrogens (tertiary/aromatic N) is 4. The van der Waals surface area contributed by atoms with E-state index < -0.39 is 27.1 Å². The van der Waals surface area contributed by atoms with Crippen LogP contribution in [-0.4, -0.2) is 26.0 Å². The van der Waals surface area contributed by atoms with Gasteiger partial charge in [0.25, 0.3) is 17.3 Å². The van der Waals surface area contributed by atoms with Gasteiger partial charge in [0.1, 0.15) is 5.69 Å². The summed E-state index contributed by atoms with van der Waals surface area (Å²) in [5.41, 5.74) is -1.26. The van der Waals surface area contributed by atoms with Crippen molar-refractivity contribution in [3.05, 3.63) is 47.9 Å². The number of amides is 1. The van der Waals surface area contributed by atoms with Crippen molar-refractivity contribution in [2.24, 2.45) is 0 Å². The highest BCUT2D eigenvalue weighted by Gasteiger charge is 2.22. The standard InChI is InChI=1S/C9H4ClN5O5S/c10-9-13-12-8(21-9)7(16)11-5-2-1-4(14(17)18)3-6(5)15(19)20/h1-3H,(H,11,16). The van der Waals surface area contributed by atoms with Crippen molar-refractivity contribution in [1.82, 2.24) is 10.2 Å². The zero-order chi connectivity index (χ0) is 15.6. The Balaban J connectivity index is 2.33. The third-order valence-electron chi connectivity index (χ3n) is 2.23. The second kappa shape index (κ2) is 5.76. The highest BCUT2D eigenvalue weighted by Crippen LogP contribution is 2.29. The molecule has 0 unspecified atom stereocenters. The van der Waals surface area contributed by atoms with Crippen LogP contribution in [0.4, 0.5) is 17.1 Å². The van der Waals surface area contributed by atoms with Crippen molar-refractivity contribution in [3.8, 4) is 0 Å². The molecule has 0 fully saturated rings. The third-order valence-corrected chi connectivity index (χ3v) is 3.25. The molecule has 0 aliphatic rings. The van der Waals surface area contributed by atoms with Gasteiger partial charge in [0, 0.05) is 6.07 Å². The first-order valence-electron chi connectivity index (χ1n) is 5.11. The van der Waals surface area contributed by atoms with Gasteiger partial charge >= 0.3 is 0 Å². The van der Waals surface area contributed by atoms with E-state index in [9.17, 15) is 25.0 Å².